The van der Waals surface area contributed by atoms with Crippen molar-refractivity contribution in [1.29, 1.82) is 0 Å². The number of imidazole rings is 1. The molecule has 24 heavy (non-hydrogen) atoms. The summed E-state index contributed by atoms with van der Waals surface area (Å²) in [5.41, 5.74) is 7.18. The third-order valence-corrected chi connectivity index (χ3v) is 4.23. The minimum Gasteiger partial charge on any atom is -0.444 e. The van der Waals surface area contributed by atoms with Gasteiger partial charge in [0.25, 0.3) is 0 Å². The molecule has 0 aliphatic carbocycles. The Morgan fingerprint density at radius 1 is 1.42 bits per heavy atom. The van der Waals surface area contributed by atoms with Gasteiger partial charge in [-0.05, 0) is 18.6 Å². The average Bonchev–Trinajstić information content (AvgIpc) is 3.03. The second kappa shape index (κ2) is 5.57. The summed E-state index contributed by atoms with van der Waals surface area (Å²) in [7, 11) is 1.35. The number of carbonyl (C=O) groups excluding carboxylic acids is 1. The molecule has 9 heteroatoms. The third kappa shape index (κ3) is 2.74. The van der Waals surface area contributed by atoms with Crippen molar-refractivity contribution in [2.24, 2.45) is 12.8 Å². The minimum absolute atomic E-state index is 0.296. The summed E-state index contributed by atoms with van der Waals surface area (Å²) in [6.45, 7) is 2.75. The van der Waals surface area contributed by atoms with E-state index in [1.165, 1.54) is 7.05 Å². The molecular formula is C15H17F3N4O2. The van der Waals surface area contributed by atoms with Crippen LogP contribution in [0.15, 0.2) is 12.1 Å². The Morgan fingerprint density at radius 2 is 2.12 bits per heavy atom. The van der Waals surface area contributed by atoms with Gasteiger partial charge in [-0.25, -0.2) is 9.78 Å². The zero-order chi connectivity index (χ0) is 17.6. The summed E-state index contributed by atoms with van der Waals surface area (Å²) in [5, 5.41) is 0. The summed E-state index contributed by atoms with van der Waals surface area (Å²) in [6.07, 6.45) is -5.18. The number of alkyl halides is 3. The number of hydrogen-bond acceptors (Lipinski definition) is 4. The van der Waals surface area contributed by atoms with Crippen molar-refractivity contribution in [2.75, 3.05) is 18.0 Å². The van der Waals surface area contributed by atoms with Crippen LogP contribution in [-0.2, 0) is 18.0 Å². The number of ether oxygens (including phenoxy) is 1. The van der Waals surface area contributed by atoms with Crippen LogP contribution in [0.1, 0.15) is 17.8 Å². The fourth-order valence-corrected chi connectivity index (χ4v) is 3.19. The van der Waals surface area contributed by atoms with E-state index >= 15 is 0 Å². The van der Waals surface area contributed by atoms with Gasteiger partial charge in [-0.3, -0.25) is 0 Å². The molecule has 0 spiro atoms. The van der Waals surface area contributed by atoms with Crippen LogP contribution in [0.5, 0.6) is 0 Å². The van der Waals surface area contributed by atoms with E-state index in [1.807, 2.05) is 11.8 Å². The molecule has 2 heterocycles. The molecule has 1 fully saturated rings. The number of halogens is 3. The van der Waals surface area contributed by atoms with Gasteiger partial charge in [-0.2, -0.15) is 13.2 Å². The van der Waals surface area contributed by atoms with E-state index in [4.69, 9.17) is 10.5 Å². The predicted octanol–water partition coefficient (Wildman–Crippen LogP) is 2.57. The molecule has 1 aliphatic heterocycles. The second-order valence-electron chi connectivity index (χ2n) is 5.88. The number of nitrogens with two attached hydrogens (primary N) is 1. The van der Waals surface area contributed by atoms with Gasteiger partial charge in [0.05, 0.1) is 17.7 Å². The van der Waals surface area contributed by atoms with Gasteiger partial charge in [0.2, 0.25) is 5.82 Å². The molecule has 1 aliphatic rings. The van der Waals surface area contributed by atoms with Crippen LogP contribution in [0.3, 0.4) is 0 Å². The highest BCUT2D eigenvalue weighted by atomic mass is 19.4. The molecule has 1 unspecified atom stereocenters. The molecule has 0 bridgehead atoms. The third-order valence-electron chi connectivity index (χ3n) is 4.23. The Labute approximate surface area is 136 Å². The number of hydrogen-bond donors (Lipinski definition) is 1. The standard InChI is InChI=1S/C15H17F3N4O2/c1-8-3-4-10-11(20-13(21(10)2)15(16,17)18)12(8)22-6-5-9(7-22)24-14(19)23/h3-4,9H,5-7H2,1-2H3,(H2,19,23). The molecule has 2 N–H and O–H groups in total. The van der Waals surface area contributed by atoms with E-state index in [9.17, 15) is 18.0 Å². The van der Waals surface area contributed by atoms with Crippen molar-refractivity contribution >= 4 is 22.8 Å². The maximum Gasteiger partial charge on any atom is 0.449 e. The molecule has 6 nitrogen and oxygen atoms in total. The number of amides is 1. The fraction of sp³-hybridized carbons (Fsp3) is 0.467. The molecular weight excluding hydrogens is 325 g/mol. The lowest BCUT2D eigenvalue weighted by Crippen LogP contribution is -2.27. The van der Waals surface area contributed by atoms with Crippen LogP contribution in [0.4, 0.5) is 23.7 Å². The SMILES string of the molecule is Cc1ccc2c(nc(C(F)(F)F)n2C)c1N1CCC(OC(N)=O)C1. The molecule has 0 radical (unpaired) electrons. The number of benzene rings is 1. The van der Waals surface area contributed by atoms with E-state index in [0.29, 0.717) is 36.2 Å². The summed E-state index contributed by atoms with van der Waals surface area (Å²) in [4.78, 5) is 16.6. The Hall–Kier alpha value is -2.45. The first-order valence-corrected chi connectivity index (χ1v) is 7.42. The first-order valence-electron chi connectivity index (χ1n) is 7.42. The van der Waals surface area contributed by atoms with Gasteiger partial charge in [0.1, 0.15) is 11.6 Å². The quantitative estimate of drug-likeness (QED) is 0.910. The normalized spacial score (nSPS) is 18.4. The van der Waals surface area contributed by atoms with Crippen molar-refractivity contribution in [2.45, 2.75) is 25.6 Å². The molecule has 3 rings (SSSR count). The first kappa shape index (κ1) is 16.4. The van der Waals surface area contributed by atoms with Crippen LogP contribution in [-0.4, -0.2) is 34.8 Å². The minimum atomic E-state index is -4.53. The van der Waals surface area contributed by atoms with E-state index in [1.54, 1.807) is 12.1 Å². The van der Waals surface area contributed by atoms with Crippen LogP contribution in [0, 0.1) is 6.92 Å². The largest absolute Gasteiger partial charge is 0.449 e. The van der Waals surface area contributed by atoms with Gasteiger partial charge in [-0.15, -0.1) is 0 Å². The maximum atomic E-state index is 13.1. The number of fused-ring (bicyclic) bond motifs is 1. The van der Waals surface area contributed by atoms with Gasteiger partial charge >= 0.3 is 12.3 Å². The lowest BCUT2D eigenvalue weighted by Gasteiger charge is -2.21. The highest BCUT2D eigenvalue weighted by Crippen LogP contribution is 2.37. The molecule has 130 valence electrons. The summed E-state index contributed by atoms with van der Waals surface area (Å²) in [6, 6.07) is 3.39. The highest BCUT2D eigenvalue weighted by Gasteiger charge is 2.38. The Morgan fingerprint density at radius 3 is 2.75 bits per heavy atom. The van der Waals surface area contributed by atoms with Crippen LogP contribution >= 0.6 is 0 Å². The average molecular weight is 342 g/mol. The predicted molar refractivity (Wildman–Crippen MR) is 81.7 cm³/mol. The van der Waals surface area contributed by atoms with Crippen LogP contribution in [0.2, 0.25) is 0 Å². The first-order chi connectivity index (χ1) is 11.2. The molecule has 1 amide bonds. The molecule has 1 saturated heterocycles. The monoisotopic (exact) mass is 342 g/mol. The highest BCUT2D eigenvalue weighted by molar-refractivity contribution is 5.91. The Bertz CT molecular complexity index is 800. The number of rotatable bonds is 2. The van der Waals surface area contributed by atoms with Crippen LogP contribution < -0.4 is 10.6 Å². The zero-order valence-electron chi connectivity index (χ0n) is 13.2. The lowest BCUT2D eigenvalue weighted by atomic mass is 10.1. The van der Waals surface area contributed by atoms with Crippen molar-refractivity contribution in [3.63, 3.8) is 0 Å². The van der Waals surface area contributed by atoms with Gasteiger partial charge in [0.15, 0.2) is 0 Å². The number of aryl methyl sites for hydroxylation is 2. The Balaban J connectivity index is 2.05. The van der Waals surface area contributed by atoms with Gasteiger partial charge in [0, 0.05) is 20.0 Å². The van der Waals surface area contributed by atoms with E-state index in [-0.39, 0.29) is 6.10 Å². The molecule has 0 saturated carbocycles. The Kier molecular flexibility index (Phi) is 3.81. The smallest absolute Gasteiger partial charge is 0.444 e. The van der Waals surface area contributed by atoms with Gasteiger partial charge in [-0.1, -0.05) is 6.07 Å². The number of anilines is 1. The lowest BCUT2D eigenvalue weighted by molar-refractivity contribution is -0.146. The number of carbonyl (C=O) groups is 1. The summed E-state index contributed by atoms with van der Waals surface area (Å²) >= 11 is 0. The number of nitrogens with zero attached hydrogens (tertiary/aromatic N) is 3. The number of aromatic nitrogens is 2. The van der Waals surface area contributed by atoms with Crippen molar-refractivity contribution < 1.29 is 22.7 Å². The van der Waals surface area contributed by atoms with E-state index < -0.39 is 18.1 Å². The molecule has 1 aromatic heterocycles. The van der Waals surface area contributed by atoms with Crippen LogP contribution in [0.25, 0.3) is 11.0 Å². The summed E-state index contributed by atoms with van der Waals surface area (Å²) in [5.74, 6) is -0.937. The topological polar surface area (TPSA) is 73.4 Å². The molecule has 1 atom stereocenters. The molecule has 1 aromatic carbocycles. The fourth-order valence-electron chi connectivity index (χ4n) is 3.19. The van der Waals surface area contributed by atoms with Crippen molar-refractivity contribution in [3.8, 4) is 0 Å². The maximum absolute atomic E-state index is 13.1. The number of primary amides is 1. The van der Waals surface area contributed by atoms with Gasteiger partial charge < -0.3 is 19.9 Å². The second-order valence-corrected chi connectivity index (χ2v) is 5.88. The zero-order valence-corrected chi connectivity index (χ0v) is 13.2. The summed E-state index contributed by atoms with van der Waals surface area (Å²) < 4.78 is 45.4. The van der Waals surface area contributed by atoms with E-state index in [0.717, 1.165) is 10.1 Å². The van der Waals surface area contributed by atoms with Crippen molar-refractivity contribution in [3.05, 3.63) is 23.5 Å². The molecule has 2 aromatic rings. The van der Waals surface area contributed by atoms with Crippen molar-refractivity contribution in [1.82, 2.24) is 9.55 Å². The van der Waals surface area contributed by atoms with E-state index in [2.05, 4.69) is 4.98 Å².